The van der Waals surface area contributed by atoms with Crippen LogP contribution in [0.3, 0.4) is 0 Å². The number of benzene rings is 2. The number of nitrogens with two attached hydrogens (primary N) is 1. The van der Waals surface area contributed by atoms with E-state index in [1.54, 1.807) is 25.1 Å². The number of anilines is 1. The van der Waals surface area contributed by atoms with Gasteiger partial charge in [0.2, 0.25) is 0 Å². The van der Waals surface area contributed by atoms with Gasteiger partial charge in [0.15, 0.2) is 0 Å². The lowest BCUT2D eigenvalue weighted by atomic mass is 10.1. The molecule has 0 saturated heterocycles. The number of halogens is 2. The molecule has 1 amide bonds. The highest BCUT2D eigenvalue weighted by Gasteiger charge is 2.11. The maximum atomic E-state index is 13.4. The molecule has 0 fully saturated rings. The highest BCUT2D eigenvalue weighted by Crippen LogP contribution is 2.16. The first-order valence-corrected chi connectivity index (χ1v) is 6.06. The lowest BCUT2D eigenvalue weighted by molar-refractivity contribution is 0.0951. The van der Waals surface area contributed by atoms with Gasteiger partial charge in [0.25, 0.3) is 5.91 Å². The zero-order chi connectivity index (χ0) is 14.7. The predicted octanol–water partition coefficient (Wildman–Crippen LogP) is 2.79. The molecule has 0 bridgehead atoms. The molecule has 0 aliphatic rings. The van der Waals surface area contributed by atoms with Crippen molar-refractivity contribution >= 4 is 11.6 Å². The fourth-order valence-electron chi connectivity index (χ4n) is 1.81. The summed E-state index contributed by atoms with van der Waals surface area (Å²) in [6, 6.07) is 8.34. The van der Waals surface area contributed by atoms with Gasteiger partial charge in [-0.15, -0.1) is 0 Å². The zero-order valence-corrected chi connectivity index (χ0v) is 10.9. The minimum atomic E-state index is -0.692. The number of nitrogens with one attached hydrogen (secondary N) is 1. The molecule has 0 aliphatic carbocycles. The fourth-order valence-corrected chi connectivity index (χ4v) is 1.81. The number of para-hydroxylation sites is 1. The standard InChI is InChI=1S/C15H14F2N2O/c1-9-3-2-4-12(14(9)18)15(20)19-8-10-5-6-11(16)7-13(10)17/h2-7H,8,18H2,1H3,(H,19,20). The zero-order valence-electron chi connectivity index (χ0n) is 10.9. The smallest absolute Gasteiger partial charge is 0.253 e. The van der Waals surface area contributed by atoms with Crippen molar-refractivity contribution in [2.24, 2.45) is 0 Å². The Bertz CT molecular complexity index is 656. The van der Waals surface area contributed by atoms with Crippen LogP contribution in [0.15, 0.2) is 36.4 Å². The van der Waals surface area contributed by atoms with Crippen LogP contribution in [-0.2, 0) is 6.54 Å². The van der Waals surface area contributed by atoms with Crippen molar-refractivity contribution in [3.05, 3.63) is 64.7 Å². The summed E-state index contributed by atoms with van der Waals surface area (Å²) in [5, 5.41) is 2.56. The van der Waals surface area contributed by atoms with E-state index in [0.717, 1.165) is 17.7 Å². The van der Waals surface area contributed by atoms with Gasteiger partial charge in [-0.05, 0) is 24.6 Å². The SMILES string of the molecule is Cc1cccc(C(=O)NCc2ccc(F)cc2F)c1N. The number of aryl methyl sites for hydroxylation is 1. The Hall–Kier alpha value is -2.43. The quantitative estimate of drug-likeness (QED) is 0.847. The molecule has 5 heteroatoms. The van der Waals surface area contributed by atoms with E-state index in [0.29, 0.717) is 11.3 Å². The molecular weight excluding hydrogens is 262 g/mol. The van der Waals surface area contributed by atoms with Gasteiger partial charge in [-0.25, -0.2) is 8.78 Å². The van der Waals surface area contributed by atoms with Crippen LogP contribution in [0.1, 0.15) is 21.5 Å². The number of amides is 1. The van der Waals surface area contributed by atoms with Crippen LogP contribution in [0.4, 0.5) is 14.5 Å². The Morgan fingerprint density at radius 3 is 2.70 bits per heavy atom. The lowest BCUT2D eigenvalue weighted by Gasteiger charge is -2.09. The van der Waals surface area contributed by atoms with Crippen molar-refractivity contribution < 1.29 is 13.6 Å². The summed E-state index contributed by atoms with van der Waals surface area (Å²) in [5.74, 6) is -1.74. The van der Waals surface area contributed by atoms with Crippen LogP contribution in [0.2, 0.25) is 0 Å². The molecule has 0 spiro atoms. The third-order valence-electron chi connectivity index (χ3n) is 3.02. The Balaban J connectivity index is 2.11. The number of rotatable bonds is 3. The molecule has 0 atom stereocenters. The molecule has 2 aromatic rings. The third kappa shape index (κ3) is 2.93. The normalized spacial score (nSPS) is 10.3. The van der Waals surface area contributed by atoms with Crippen molar-refractivity contribution in [1.29, 1.82) is 0 Å². The second kappa shape index (κ2) is 5.69. The van der Waals surface area contributed by atoms with Crippen molar-refractivity contribution in [1.82, 2.24) is 5.32 Å². The van der Waals surface area contributed by atoms with Crippen molar-refractivity contribution in [3.8, 4) is 0 Å². The Labute approximate surface area is 115 Å². The maximum Gasteiger partial charge on any atom is 0.253 e. The van der Waals surface area contributed by atoms with E-state index in [2.05, 4.69) is 5.32 Å². The Kier molecular flexibility index (Phi) is 3.98. The first kappa shape index (κ1) is 14.0. The summed E-state index contributed by atoms with van der Waals surface area (Å²) in [5.41, 5.74) is 7.56. The summed E-state index contributed by atoms with van der Waals surface area (Å²) < 4.78 is 26.2. The average Bonchev–Trinajstić information content (AvgIpc) is 2.40. The molecule has 2 rings (SSSR count). The number of hydrogen-bond donors (Lipinski definition) is 2. The average molecular weight is 276 g/mol. The third-order valence-corrected chi connectivity index (χ3v) is 3.02. The van der Waals surface area contributed by atoms with Gasteiger partial charge in [-0.1, -0.05) is 18.2 Å². The number of carbonyl (C=O) groups excluding carboxylic acids is 1. The van der Waals surface area contributed by atoms with Gasteiger partial charge >= 0.3 is 0 Å². The van der Waals surface area contributed by atoms with Gasteiger partial charge in [0, 0.05) is 23.9 Å². The van der Waals surface area contributed by atoms with Crippen LogP contribution in [0.25, 0.3) is 0 Å². The van der Waals surface area contributed by atoms with E-state index < -0.39 is 17.5 Å². The highest BCUT2D eigenvalue weighted by molar-refractivity contribution is 5.99. The van der Waals surface area contributed by atoms with Crippen molar-refractivity contribution in [2.75, 3.05) is 5.73 Å². The largest absolute Gasteiger partial charge is 0.398 e. The minimum Gasteiger partial charge on any atom is -0.398 e. The number of carbonyl (C=O) groups is 1. The van der Waals surface area contributed by atoms with Gasteiger partial charge in [-0.3, -0.25) is 4.79 Å². The summed E-state index contributed by atoms with van der Waals surface area (Å²) in [7, 11) is 0. The lowest BCUT2D eigenvalue weighted by Crippen LogP contribution is -2.24. The van der Waals surface area contributed by atoms with Crippen molar-refractivity contribution in [3.63, 3.8) is 0 Å². The summed E-state index contributed by atoms with van der Waals surface area (Å²) in [6.07, 6.45) is 0. The molecule has 0 saturated carbocycles. The van der Waals surface area contributed by atoms with E-state index in [1.165, 1.54) is 6.07 Å². The second-order valence-corrected chi connectivity index (χ2v) is 4.45. The van der Waals surface area contributed by atoms with Crippen molar-refractivity contribution in [2.45, 2.75) is 13.5 Å². The maximum absolute atomic E-state index is 13.4. The summed E-state index contributed by atoms with van der Waals surface area (Å²) >= 11 is 0. The Morgan fingerprint density at radius 1 is 1.25 bits per heavy atom. The molecule has 20 heavy (non-hydrogen) atoms. The molecule has 0 aromatic heterocycles. The van der Waals surface area contributed by atoms with Gasteiger partial charge < -0.3 is 11.1 Å². The van der Waals surface area contributed by atoms with Gasteiger partial charge in [-0.2, -0.15) is 0 Å². The van der Waals surface area contributed by atoms with E-state index in [9.17, 15) is 13.6 Å². The first-order chi connectivity index (χ1) is 9.49. The minimum absolute atomic E-state index is 0.0294. The number of nitrogen functional groups attached to an aromatic ring is 1. The molecule has 3 nitrogen and oxygen atoms in total. The fraction of sp³-hybridized carbons (Fsp3) is 0.133. The van der Waals surface area contributed by atoms with Crippen LogP contribution in [0, 0.1) is 18.6 Å². The highest BCUT2D eigenvalue weighted by atomic mass is 19.1. The topological polar surface area (TPSA) is 55.1 Å². The molecule has 2 aromatic carbocycles. The van der Waals surface area contributed by atoms with Crippen LogP contribution in [-0.4, -0.2) is 5.91 Å². The number of hydrogen-bond acceptors (Lipinski definition) is 2. The van der Waals surface area contributed by atoms with Crippen LogP contribution in [0.5, 0.6) is 0 Å². The molecule has 0 heterocycles. The first-order valence-electron chi connectivity index (χ1n) is 6.06. The molecule has 0 radical (unpaired) electrons. The summed E-state index contributed by atoms with van der Waals surface area (Å²) in [4.78, 5) is 12.0. The predicted molar refractivity (Wildman–Crippen MR) is 73.1 cm³/mol. The van der Waals surface area contributed by atoms with Crippen LogP contribution < -0.4 is 11.1 Å². The van der Waals surface area contributed by atoms with E-state index in [4.69, 9.17) is 5.73 Å². The molecule has 0 aliphatic heterocycles. The Morgan fingerprint density at radius 2 is 2.00 bits per heavy atom. The van der Waals surface area contributed by atoms with Gasteiger partial charge in [0.1, 0.15) is 11.6 Å². The molecule has 104 valence electrons. The second-order valence-electron chi connectivity index (χ2n) is 4.45. The van der Waals surface area contributed by atoms with E-state index in [-0.39, 0.29) is 12.1 Å². The molecular formula is C15H14F2N2O. The van der Waals surface area contributed by atoms with Gasteiger partial charge in [0.05, 0.1) is 5.56 Å². The van der Waals surface area contributed by atoms with Crippen LogP contribution >= 0.6 is 0 Å². The molecule has 3 N–H and O–H groups in total. The summed E-state index contributed by atoms with van der Waals surface area (Å²) in [6.45, 7) is 1.77. The molecule has 0 unspecified atom stereocenters. The monoisotopic (exact) mass is 276 g/mol. The van der Waals surface area contributed by atoms with E-state index in [1.807, 2.05) is 0 Å². The van der Waals surface area contributed by atoms with E-state index >= 15 is 0 Å².